The normalized spacial score (nSPS) is 43.2. The molecule has 0 nitrogen and oxygen atoms in total. The molecule has 0 aliphatic heterocycles. The molecule has 0 saturated carbocycles. The maximum atomic E-state index is 2.35. The smallest absolute Gasteiger partial charge is 0.0236 e. The van der Waals surface area contributed by atoms with Gasteiger partial charge in [-0.25, -0.2) is 0 Å². The molecule has 2 aliphatic rings. The summed E-state index contributed by atoms with van der Waals surface area (Å²) >= 11 is 0. The molecule has 2 aliphatic carbocycles. The minimum absolute atomic E-state index is 0.807. The summed E-state index contributed by atoms with van der Waals surface area (Å²) in [5.41, 5.74) is 0. The molecule has 0 N–H and O–H groups in total. The average Bonchev–Trinajstić information content (AvgIpc) is 2.30. The van der Waals surface area contributed by atoms with Crippen LogP contribution in [-0.4, -0.2) is 0 Å². The molecule has 0 heteroatoms. The molecule has 18 heavy (non-hydrogen) atoms. The van der Waals surface area contributed by atoms with Crippen LogP contribution in [0.2, 0.25) is 0 Å². The predicted molar refractivity (Wildman–Crippen MR) is 82.5 cm³/mol. The minimum atomic E-state index is 0.807. The second kappa shape index (κ2) is 7.16. The molecular formula is C18H32. The lowest BCUT2D eigenvalue weighted by Gasteiger charge is -2.24. The highest BCUT2D eigenvalue weighted by atomic mass is 14.2. The van der Waals surface area contributed by atoms with Gasteiger partial charge < -0.3 is 0 Å². The molecule has 0 bridgehead atoms. The lowest BCUT2D eigenvalue weighted by Crippen LogP contribution is -2.13. The van der Waals surface area contributed by atoms with Crippen LogP contribution in [0.25, 0.3) is 0 Å². The molecule has 0 saturated heterocycles. The quantitative estimate of drug-likeness (QED) is 0.482. The van der Waals surface area contributed by atoms with Gasteiger partial charge >= 0.3 is 0 Å². The highest BCUT2D eigenvalue weighted by Gasteiger charge is 2.16. The molecular weight excluding hydrogens is 216 g/mol. The van der Waals surface area contributed by atoms with Crippen LogP contribution in [0.3, 0.4) is 0 Å². The third-order valence-corrected chi connectivity index (χ3v) is 4.77. The Bertz CT molecular complexity index is 256. The van der Waals surface area contributed by atoms with Gasteiger partial charge in [-0.3, -0.25) is 0 Å². The maximum absolute atomic E-state index is 2.35. The molecule has 0 heterocycles. The summed E-state index contributed by atoms with van der Waals surface area (Å²) in [7, 11) is 0. The topological polar surface area (TPSA) is 0 Å². The fourth-order valence-electron chi connectivity index (χ4n) is 2.87. The van der Waals surface area contributed by atoms with Crippen LogP contribution >= 0.6 is 0 Å². The van der Waals surface area contributed by atoms with Crippen LogP contribution in [0.15, 0.2) is 24.3 Å². The predicted octanol–water partition coefficient (Wildman–Crippen LogP) is 5.71. The second-order valence-electron chi connectivity index (χ2n) is 6.87. The first-order chi connectivity index (χ1) is 8.40. The summed E-state index contributed by atoms with van der Waals surface area (Å²) in [5.74, 6) is 5.03. The Balaban J connectivity index is 0.000000180. The van der Waals surface area contributed by atoms with Crippen LogP contribution in [0.5, 0.6) is 0 Å². The van der Waals surface area contributed by atoms with Crippen molar-refractivity contribution in [3.05, 3.63) is 24.3 Å². The third kappa shape index (κ3) is 5.00. The van der Waals surface area contributed by atoms with E-state index in [-0.39, 0.29) is 0 Å². The van der Waals surface area contributed by atoms with Crippen molar-refractivity contribution in [2.75, 3.05) is 0 Å². The first kappa shape index (κ1) is 15.5. The minimum Gasteiger partial charge on any atom is -0.0854 e. The van der Waals surface area contributed by atoms with Gasteiger partial charge in [0.1, 0.15) is 0 Å². The van der Waals surface area contributed by atoms with E-state index in [1.165, 1.54) is 12.8 Å². The van der Waals surface area contributed by atoms with Crippen molar-refractivity contribution in [2.45, 2.75) is 54.4 Å². The molecule has 0 aromatic heterocycles. The number of rotatable bonds is 0. The second-order valence-corrected chi connectivity index (χ2v) is 6.87. The van der Waals surface area contributed by atoms with Gasteiger partial charge in [-0.05, 0) is 48.3 Å². The zero-order chi connectivity index (χ0) is 13.7. The number of hydrogen-bond donors (Lipinski definition) is 0. The summed E-state index contributed by atoms with van der Waals surface area (Å²) < 4.78 is 0. The van der Waals surface area contributed by atoms with E-state index < -0.39 is 0 Å². The summed E-state index contributed by atoms with van der Waals surface area (Å²) in [6.07, 6.45) is 12.1. The van der Waals surface area contributed by atoms with Crippen LogP contribution < -0.4 is 0 Å². The fourth-order valence-corrected chi connectivity index (χ4v) is 2.87. The van der Waals surface area contributed by atoms with Gasteiger partial charge in [-0.2, -0.15) is 0 Å². The van der Waals surface area contributed by atoms with Crippen molar-refractivity contribution in [1.29, 1.82) is 0 Å². The Morgan fingerprint density at radius 2 is 0.889 bits per heavy atom. The molecule has 2 rings (SSSR count). The fraction of sp³-hybridized carbons (Fsp3) is 0.778. The van der Waals surface area contributed by atoms with E-state index in [2.05, 4.69) is 65.8 Å². The highest BCUT2D eigenvalue weighted by Crippen LogP contribution is 2.27. The van der Waals surface area contributed by atoms with Gasteiger partial charge in [-0.15, -0.1) is 0 Å². The average molecular weight is 248 g/mol. The molecule has 0 aromatic carbocycles. The summed E-state index contributed by atoms with van der Waals surface area (Å²) in [6.45, 7) is 13.9. The van der Waals surface area contributed by atoms with Crippen molar-refractivity contribution in [1.82, 2.24) is 0 Å². The van der Waals surface area contributed by atoms with Gasteiger partial charge in [0.25, 0.3) is 0 Å². The Hall–Kier alpha value is -0.520. The Labute approximate surface area is 115 Å². The van der Waals surface area contributed by atoms with E-state index in [4.69, 9.17) is 0 Å². The monoisotopic (exact) mass is 248 g/mol. The summed E-state index contributed by atoms with van der Waals surface area (Å²) in [6, 6.07) is 0. The summed E-state index contributed by atoms with van der Waals surface area (Å²) in [5, 5.41) is 0. The molecule has 0 fully saturated rings. The zero-order valence-electron chi connectivity index (χ0n) is 13.2. The Morgan fingerprint density at radius 1 is 0.556 bits per heavy atom. The van der Waals surface area contributed by atoms with Crippen LogP contribution in [0, 0.1) is 35.5 Å². The van der Waals surface area contributed by atoms with Crippen LogP contribution in [-0.2, 0) is 0 Å². The maximum Gasteiger partial charge on any atom is -0.0236 e. The Kier molecular flexibility index (Phi) is 6.18. The first-order valence-corrected chi connectivity index (χ1v) is 7.76. The first-order valence-electron chi connectivity index (χ1n) is 7.76. The van der Waals surface area contributed by atoms with Gasteiger partial charge in [0, 0.05) is 0 Å². The van der Waals surface area contributed by atoms with E-state index in [1.54, 1.807) is 0 Å². The largest absolute Gasteiger partial charge is 0.0854 e. The molecule has 0 radical (unpaired) electrons. The van der Waals surface area contributed by atoms with E-state index >= 15 is 0 Å². The van der Waals surface area contributed by atoms with Gasteiger partial charge in [-0.1, -0.05) is 65.8 Å². The Morgan fingerprint density at radius 3 is 1.11 bits per heavy atom. The van der Waals surface area contributed by atoms with Crippen LogP contribution in [0.1, 0.15) is 54.4 Å². The zero-order valence-corrected chi connectivity index (χ0v) is 13.2. The molecule has 0 aromatic rings. The molecule has 0 amide bonds. The highest BCUT2D eigenvalue weighted by molar-refractivity contribution is 4.98. The molecule has 6 unspecified atom stereocenters. The van der Waals surface area contributed by atoms with E-state index in [0.29, 0.717) is 0 Å². The SMILES string of the molecule is CC1C=CC(C)C(C)C1.CC1C=CC(C)C(C)C1. The van der Waals surface area contributed by atoms with E-state index in [0.717, 1.165) is 35.5 Å². The molecule has 0 spiro atoms. The van der Waals surface area contributed by atoms with Crippen molar-refractivity contribution in [2.24, 2.45) is 35.5 Å². The molecule has 104 valence electrons. The third-order valence-electron chi connectivity index (χ3n) is 4.77. The molecule has 6 atom stereocenters. The van der Waals surface area contributed by atoms with Crippen LogP contribution in [0.4, 0.5) is 0 Å². The lowest BCUT2D eigenvalue weighted by atomic mass is 9.82. The summed E-state index contributed by atoms with van der Waals surface area (Å²) in [4.78, 5) is 0. The van der Waals surface area contributed by atoms with Crippen molar-refractivity contribution in [3.63, 3.8) is 0 Å². The standard InChI is InChI=1S/2C9H16/c2*1-7-4-5-8(2)9(3)6-7/h2*4-5,7-9H,6H2,1-3H3. The number of allylic oxidation sites excluding steroid dienone is 4. The lowest BCUT2D eigenvalue weighted by molar-refractivity contribution is 0.364. The van der Waals surface area contributed by atoms with Crippen molar-refractivity contribution >= 4 is 0 Å². The van der Waals surface area contributed by atoms with E-state index in [9.17, 15) is 0 Å². The van der Waals surface area contributed by atoms with Gasteiger partial charge in [0.2, 0.25) is 0 Å². The number of hydrogen-bond acceptors (Lipinski definition) is 0. The van der Waals surface area contributed by atoms with E-state index in [1.807, 2.05) is 0 Å². The van der Waals surface area contributed by atoms with Crippen molar-refractivity contribution in [3.8, 4) is 0 Å². The van der Waals surface area contributed by atoms with Gasteiger partial charge in [0.15, 0.2) is 0 Å². The van der Waals surface area contributed by atoms with Gasteiger partial charge in [0.05, 0.1) is 0 Å². The van der Waals surface area contributed by atoms with Crippen molar-refractivity contribution < 1.29 is 0 Å².